The molecule has 1 amide bonds. The van der Waals surface area contributed by atoms with Crippen molar-refractivity contribution in [3.63, 3.8) is 0 Å². The van der Waals surface area contributed by atoms with Gasteiger partial charge in [-0.15, -0.1) is 0 Å². The molecule has 1 aliphatic heterocycles. The van der Waals surface area contributed by atoms with Crippen LogP contribution in [-0.2, 0) is 18.8 Å². The molecule has 5 nitrogen and oxygen atoms in total. The van der Waals surface area contributed by atoms with E-state index in [1.54, 1.807) is 11.1 Å². The number of nitrogens with one attached hydrogen (secondary N) is 1. The number of piperazine rings is 1. The van der Waals surface area contributed by atoms with E-state index in [1.807, 2.05) is 24.3 Å². The van der Waals surface area contributed by atoms with Gasteiger partial charge in [0, 0.05) is 53.9 Å². The quantitative estimate of drug-likeness (QED) is 0.203. The van der Waals surface area contributed by atoms with Gasteiger partial charge in [-0.05, 0) is 60.5 Å². The second-order valence-electron chi connectivity index (χ2n) is 10.2. The third-order valence-corrected chi connectivity index (χ3v) is 7.33. The van der Waals surface area contributed by atoms with Crippen LogP contribution < -0.4 is 0 Å². The molecule has 0 radical (unpaired) electrons. The number of para-hydroxylation sites is 1. The van der Waals surface area contributed by atoms with Gasteiger partial charge in [0.15, 0.2) is 5.78 Å². The Kier molecular flexibility index (Phi) is 7.84. The number of nitrogens with zero attached hydrogens (tertiary/aromatic N) is 2. The van der Waals surface area contributed by atoms with E-state index in [2.05, 4.69) is 4.98 Å². The summed E-state index contributed by atoms with van der Waals surface area (Å²) in [6.07, 6.45) is -8.23. The lowest BCUT2D eigenvalue weighted by Gasteiger charge is -2.41. The summed E-state index contributed by atoms with van der Waals surface area (Å²) in [4.78, 5) is 32.6. The Bertz CT molecular complexity index is 1580. The van der Waals surface area contributed by atoms with E-state index in [-0.39, 0.29) is 50.0 Å². The molecule has 1 N–H and O–H groups in total. The van der Waals surface area contributed by atoms with Crippen molar-refractivity contribution in [3.8, 4) is 0 Å². The highest BCUT2D eigenvalue weighted by Crippen LogP contribution is 2.37. The van der Waals surface area contributed by atoms with Gasteiger partial charge in [-0.25, -0.2) is 4.39 Å². The summed E-state index contributed by atoms with van der Waals surface area (Å²) in [7, 11) is 0. The van der Waals surface area contributed by atoms with E-state index in [1.165, 1.54) is 17.0 Å². The molecule has 0 bridgehead atoms. The summed E-state index contributed by atoms with van der Waals surface area (Å²) in [6.45, 7) is 0.164. The van der Waals surface area contributed by atoms with Gasteiger partial charge in [0.25, 0.3) is 5.91 Å². The fourth-order valence-corrected chi connectivity index (χ4v) is 5.23. The molecule has 4 aromatic rings. The maximum Gasteiger partial charge on any atom is 0.416 e. The van der Waals surface area contributed by atoms with Crippen LogP contribution in [0.4, 0.5) is 30.7 Å². The number of Topliss-reactive ketones (excluding diaryl/α,β-unsaturated/α-hetero) is 1. The van der Waals surface area contributed by atoms with Crippen LogP contribution in [-0.4, -0.2) is 58.7 Å². The number of benzene rings is 3. The summed E-state index contributed by atoms with van der Waals surface area (Å²) >= 11 is 0. The van der Waals surface area contributed by atoms with E-state index < -0.39 is 46.8 Å². The van der Waals surface area contributed by atoms with Crippen LogP contribution in [0.1, 0.15) is 37.4 Å². The van der Waals surface area contributed by atoms with Crippen molar-refractivity contribution in [1.82, 2.24) is 14.8 Å². The van der Waals surface area contributed by atoms with E-state index in [0.717, 1.165) is 28.6 Å². The van der Waals surface area contributed by atoms with E-state index in [0.29, 0.717) is 12.1 Å². The Hall–Kier alpha value is -4.19. The van der Waals surface area contributed by atoms with Crippen LogP contribution in [0.25, 0.3) is 10.9 Å². The monoisotopic (exact) mass is 591 g/mol. The van der Waals surface area contributed by atoms with Gasteiger partial charge >= 0.3 is 12.4 Å². The minimum atomic E-state index is -5.10. The molecule has 1 fully saturated rings. The van der Waals surface area contributed by atoms with Gasteiger partial charge in [0.1, 0.15) is 5.82 Å². The van der Waals surface area contributed by atoms with E-state index >= 15 is 0 Å². The van der Waals surface area contributed by atoms with Gasteiger partial charge in [0.05, 0.1) is 17.7 Å². The number of alkyl halides is 6. The highest BCUT2D eigenvalue weighted by atomic mass is 19.4. The Morgan fingerprint density at radius 3 is 2.12 bits per heavy atom. The number of ketones is 1. The molecule has 2 heterocycles. The summed E-state index contributed by atoms with van der Waals surface area (Å²) < 4.78 is 94.3. The Labute approximate surface area is 235 Å². The van der Waals surface area contributed by atoms with Crippen LogP contribution in [0, 0.1) is 5.82 Å². The third-order valence-electron chi connectivity index (χ3n) is 7.33. The zero-order chi connectivity index (χ0) is 30.2. The molecule has 1 unspecified atom stereocenters. The van der Waals surface area contributed by atoms with E-state index in [9.17, 15) is 40.3 Å². The molecule has 3 aromatic carbocycles. The molecule has 1 saturated heterocycles. The lowest BCUT2D eigenvalue weighted by Crippen LogP contribution is -2.56. The van der Waals surface area contributed by atoms with Crippen molar-refractivity contribution in [2.75, 3.05) is 26.2 Å². The fraction of sp³-hybridized carbons (Fsp3) is 0.267. The number of carbonyl (C=O) groups is 2. The summed E-state index contributed by atoms with van der Waals surface area (Å²) in [5.74, 6) is -1.77. The smallest absolute Gasteiger partial charge is 0.361 e. The second kappa shape index (κ2) is 11.2. The second-order valence-corrected chi connectivity index (χ2v) is 10.2. The molecule has 220 valence electrons. The molecule has 1 aromatic heterocycles. The molecular weight excluding hydrogens is 567 g/mol. The third kappa shape index (κ3) is 6.33. The van der Waals surface area contributed by atoms with Crippen molar-refractivity contribution in [2.45, 2.75) is 24.8 Å². The van der Waals surface area contributed by atoms with Gasteiger partial charge in [-0.2, -0.15) is 26.3 Å². The largest absolute Gasteiger partial charge is 0.416 e. The predicted octanol–water partition coefficient (Wildman–Crippen LogP) is 6.60. The summed E-state index contributed by atoms with van der Waals surface area (Å²) in [5.41, 5.74) is -1.98. The molecular formula is C30H24F7N3O2. The Morgan fingerprint density at radius 2 is 1.48 bits per heavy atom. The minimum Gasteiger partial charge on any atom is -0.361 e. The van der Waals surface area contributed by atoms with E-state index in [4.69, 9.17) is 0 Å². The first-order chi connectivity index (χ1) is 19.8. The number of carbonyl (C=O) groups excluding carboxylic acids is 2. The zero-order valence-corrected chi connectivity index (χ0v) is 21.9. The first-order valence-electron chi connectivity index (χ1n) is 13.0. The summed E-state index contributed by atoms with van der Waals surface area (Å²) in [5, 5.41) is 0.850. The average Bonchev–Trinajstić information content (AvgIpc) is 3.34. The highest BCUT2D eigenvalue weighted by Gasteiger charge is 2.39. The molecule has 0 saturated carbocycles. The number of fused-ring (bicyclic) bond motifs is 1. The van der Waals surface area contributed by atoms with Crippen molar-refractivity contribution in [1.29, 1.82) is 0 Å². The predicted molar refractivity (Wildman–Crippen MR) is 140 cm³/mol. The Balaban J connectivity index is 1.46. The lowest BCUT2D eigenvalue weighted by atomic mass is 9.98. The molecule has 1 aliphatic rings. The van der Waals surface area contributed by atoms with Crippen molar-refractivity contribution in [3.05, 3.63) is 107 Å². The number of hydrogen-bond acceptors (Lipinski definition) is 3. The first-order valence-corrected chi connectivity index (χ1v) is 13.0. The van der Waals surface area contributed by atoms with Crippen molar-refractivity contribution >= 4 is 22.6 Å². The molecule has 0 spiro atoms. The number of amides is 1. The first kappa shape index (κ1) is 29.3. The van der Waals surface area contributed by atoms with Crippen LogP contribution in [0.15, 0.2) is 72.9 Å². The Morgan fingerprint density at radius 1 is 0.833 bits per heavy atom. The highest BCUT2D eigenvalue weighted by molar-refractivity contribution is 5.98. The zero-order valence-electron chi connectivity index (χ0n) is 21.9. The molecule has 0 aliphatic carbocycles. The lowest BCUT2D eigenvalue weighted by molar-refractivity contribution is -0.143. The number of H-pyrrole nitrogens is 1. The molecule has 12 heteroatoms. The number of rotatable bonds is 6. The van der Waals surface area contributed by atoms with Crippen LogP contribution in [0.2, 0.25) is 0 Å². The molecule has 42 heavy (non-hydrogen) atoms. The van der Waals surface area contributed by atoms with Gasteiger partial charge < -0.3 is 9.88 Å². The van der Waals surface area contributed by atoms with Crippen LogP contribution in [0.5, 0.6) is 0 Å². The van der Waals surface area contributed by atoms with Crippen LogP contribution in [0.3, 0.4) is 0 Å². The number of hydrogen-bond donors (Lipinski definition) is 1. The number of aromatic nitrogens is 1. The molecule has 5 rings (SSSR count). The standard InChI is InChI=1S/C30H24F7N3O2/c31-23-7-5-18(6-8-23)27(41)17-39-9-10-40(24(16-39)13-20-15-38-26-4-2-1-3-25(20)26)28(42)19-11-21(29(32,33)34)14-22(12-19)30(35,36)37/h1-8,11-12,14-15,24,38H,9-10,13,16-17H2. The van der Waals surface area contributed by atoms with Gasteiger partial charge in [-0.3, -0.25) is 14.5 Å². The van der Waals surface area contributed by atoms with Gasteiger partial charge in [0.2, 0.25) is 0 Å². The van der Waals surface area contributed by atoms with Crippen molar-refractivity contribution < 1.29 is 40.3 Å². The van der Waals surface area contributed by atoms with Crippen molar-refractivity contribution in [2.24, 2.45) is 0 Å². The minimum absolute atomic E-state index is 0.0147. The topological polar surface area (TPSA) is 56.4 Å². The molecule has 1 atom stereocenters. The SMILES string of the molecule is O=C(CN1CCN(C(=O)c2cc(C(F)(F)F)cc(C(F)(F)F)c2)C(Cc2c[nH]c3ccccc23)C1)c1ccc(F)cc1. The normalized spacial score (nSPS) is 16.6. The summed E-state index contributed by atoms with van der Waals surface area (Å²) in [6, 6.07) is 12.5. The van der Waals surface area contributed by atoms with Gasteiger partial charge in [-0.1, -0.05) is 18.2 Å². The fourth-order valence-electron chi connectivity index (χ4n) is 5.23. The number of aromatic amines is 1. The average molecular weight is 592 g/mol. The number of halogens is 7. The maximum atomic E-state index is 13.6. The maximum absolute atomic E-state index is 13.6. The van der Waals surface area contributed by atoms with Crippen LogP contribution >= 0.6 is 0 Å².